The third kappa shape index (κ3) is 4.44. The van der Waals surface area contributed by atoms with Gasteiger partial charge in [0.25, 0.3) is 0 Å². The lowest BCUT2D eigenvalue weighted by Gasteiger charge is -2.45. The molecule has 2 aliphatic rings. The largest absolute Gasteiger partial charge is 0.384 e. The standard InChI is InChI=1S/C17H33N3O3/c1-4-15-13-20(10-9-19(15)11-12-22-2)16(21)17(14-23-3)5-7-18-8-6-17/h15,18H,4-14H2,1-3H3. The van der Waals surface area contributed by atoms with Crippen LogP contribution in [0.2, 0.25) is 0 Å². The summed E-state index contributed by atoms with van der Waals surface area (Å²) in [7, 11) is 3.45. The van der Waals surface area contributed by atoms with E-state index in [-0.39, 0.29) is 5.41 Å². The molecular formula is C17H33N3O3. The van der Waals surface area contributed by atoms with Crippen molar-refractivity contribution in [2.24, 2.45) is 5.41 Å². The van der Waals surface area contributed by atoms with E-state index in [0.29, 0.717) is 18.6 Å². The lowest BCUT2D eigenvalue weighted by atomic mass is 9.78. The van der Waals surface area contributed by atoms with Gasteiger partial charge in [0.2, 0.25) is 5.91 Å². The molecule has 0 aromatic carbocycles. The Morgan fingerprint density at radius 2 is 1.96 bits per heavy atom. The molecule has 0 spiro atoms. The van der Waals surface area contributed by atoms with Gasteiger partial charge >= 0.3 is 0 Å². The summed E-state index contributed by atoms with van der Waals surface area (Å²) in [5, 5.41) is 3.36. The van der Waals surface area contributed by atoms with Crippen molar-refractivity contribution in [3.63, 3.8) is 0 Å². The van der Waals surface area contributed by atoms with Gasteiger partial charge in [-0.3, -0.25) is 9.69 Å². The summed E-state index contributed by atoms with van der Waals surface area (Å²) in [6.07, 6.45) is 2.81. The molecule has 2 aliphatic heterocycles. The summed E-state index contributed by atoms with van der Waals surface area (Å²) in [6, 6.07) is 0.434. The van der Waals surface area contributed by atoms with Gasteiger partial charge < -0.3 is 19.7 Å². The molecule has 0 aromatic heterocycles. The SMILES string of the molecule is CCC1CN(C(=O)C2(COC)CCNCC2)CCN1CCOC. The molecule has 1 atom stereocenters. The maximum absolute atomic E-state index is 13.2. The molecule has 0 saturated carbocycles. The quantitative estimate of drug-likeness (QED) is 0.741. The van der Waals surface area contributed by atoms with E-state index in [9.17, 15) is 4.79 Å². The van der Waals surface area contributed by atoms with Gasteiger partial charge in [-0.25, -0.2) is 0 Å². The van der Waals surface area contributed by atoms with Crippen LogP contribution >= 0.6 is 0 Å². The predicted molar refractivity (Wildman–Crippen MR) is 90.5 cm³/mol. The van der Waals surface area contributed by atoms with Crippen LogP contribution in [0.4, 0.5) is 0 Å². The Balaban J connectivity index is 2.01. The number of rotatable bonds is 7. The summed E-state index contributed by atoms with van der Waals surface area (Å²) >= 11 is 0. The van der Waals surface area contributed by atoms with E-state index >= 15 is 0 Å². The van der Waals surface area contributed by atoms with Crippen molar-refractivity contribution in [3.8, 4) is 0 Å². The second-order valence-electron chi connectivity index (χ2n) is 6.81. The second-order valence-corrected chi connectivity index (χ2v) is 6.81. The van der Waals surface area contributed by atoms with Crippen LogP contribution in [-0.2, 0) is 14.3 Å². The van der Waals surface area contributed by atoms with Crippen molar-refractivity contribution in [1.29, 1.82) is 0 Å². The zero-order valence-electron chi connectivity index (χ0n) is 15.0. The number of amides is 1. The summed E-state index contributed by atoms with van der Waals surface area (Å²) < 4.78 is 10.6. The monoisotopic (exact) mass is 327 g/mol. The molecule has 0 bridgehead atoms. The molecule has 1 amide bonds. The number of piperazine rings is 1. The molecule has 2 saturated heterocycles. The molecule has 2 rings (SSSR count). The van der Waals surface area contributed by atoms with Crippen LogP contribution in [0.25, 0.3) is 0 Å². The number of methoxy groups -OCH3 is 2. The van der Waals surface area contributed by atoms with Gasteiger partial charge in [-0.2, -0.15) is 0 Å². The fourth-order valence-corrected chi connectivity index (χ4v) is 3.90. The number of piperidine rings is 1. The van der Waals surface area contributed by atoms with Gasteiger partial charge in [0.05, 0.1) is 18.6 Å². The maximum Gasteiger partial charge on any atom is 0.231 e. The average Bonchev–Trinajstić information content (AvgIpc) is 2.60. The smallest absolute Gasteiger partial charge is 0.231 e. The number of carbonyl (C=O) groups is 1. The molecule has 1 unspecified atom stereocenters. The van der Waals surface area contributed by atoms with E-state index in [4.69, 9.17) is 9.47 Å². The lowest BCUT2D eigenvalue weighted by molar-refractivity contribution is -0.150. The van der Waals surface area contributed by atoms with Crippen molar-refractivity contribution in [3.05, 3.63) is 0 Å². The van der Waals surface area contributed by atoms with Crippen molar-refractivity contribution in [1.82, 2.24) is 15.1 Å². The molecular weight excluding hydrogens is 294 g/mol. The molecule has 2 fully saturated rings. The topological polar surface area (TPSA) is 54.0 Å². The van der Waals surface area contributed by atoms with E-state index in [2.05, 4.69) is 22.0 Å². The van der Waals surface area contributed by atoms with Gasteiger partial charge in [0.1, 0.15) is 0 Å². The first-order chi connectivity index (χ1) is 11.2. The summed E-state index contributed by atoms with van der Waals surface area (Å²) in [5.41, 5.74) is -0.326. The van der Waals surface area contributed by atoms with Crippen molar-refractivity contribution >= 4 is 5.91 Å². The highest BCUT2D eigenvalue weighted by Gasteiger charge is 2.43. The number of carbonyl (C=O) groups excluding carboxylic acids is 1. The predicted octanol–water partition coefficient (Wildman–Crippen LogP) is 0.572. The zero-order valence-corrected chi connectivity index (χ0v) is 15.0. The minimum Gasteiger partial charge on any atom is -0.384 e. The second kappa shape index (κ2) is 8.97. The Bertz CT molecular complexity index is 367. The molecule has 23 heavy (non-hydrogen) atoms. The minimum atomic E-state index is -0.326. The Hall–Kier alpha value is -0.690. The summed E-state index contributed by atoms with van der Waals surface area (Å²) in [6.45, 7) is 8.83. The maximum atomic E-state index is 13.2. The third-order valence-electron chi connectivity index (χ3n) is 5.38. The Morgan fingerprint density at radius 3 is 2.57 bits per heavy atom. The Labute approximate surface area is 140 Å². The van der Waals surface area contributed by atoms with E-state index in [1.807, 2.05) is 0 Å². The molecule has 0 aliphatic carbocycles. The molecule has 6 heteroatoms. The van der Waals surface area contributed by atoms with Crippen molar-refractivity contribution in [2.45, 2.75) is 32.2 Å². The highest BCUT2D eigenvalue weighted by molar-refractivity contribution is 5.83. The number of hydrogen-bond donors (Lipinski definition) is 1. The first-order valence-electron chi connectivity index (χ1n) is 8.89. The molecule has 0 radical (unpaired) electrons. The van der Waals surface area contributed by atoms with Crippen LogP contribution in [0.3, 0.4) is 0 Å². The fraction of sp³-hybridized carbons (Fsp3) is 0.941. The van der Waals surface area contributed by atoms with Crippen LogP contribution in [-0.4, -0.2) is 88.5 Å². The van der Waals surface area contributed by atoms with E-state index < -0.39 is 0 Å². The van der Waals surface area contributed by atoms with Crippen LogP contribution in [0.15, 0.2) is 0 Å². The highest BCUT2D eigenvalue weighted by atomic mass is 16.5. The molecule has 0 aromatic rings. The lowest BCUT2D eigenvalue weighted by Crippen LogP contribution is -2.59. The van der Waals surface area contributed by atoms with E-state index in [1.165, 1.54) is 0 Å². The number of nitrogens with zero attached hydrogens (tertiary/aromatic N) is 2. The number of ether oxygens (including phenoxy) is 2. The van der Waals surface area contributed by atoms with Crippen LogP contribution in [0.1, 0.15) is 26.2 Å². The first-order valence-corrected chi connectivity index (χ1v) is 8.89. The summed E-state index contributed by atoms with van der Waals surface area (Å²) in [5.74, 6) is 0.297. The number of hydrogen-bond acceptors (Lipinski definition) is 5. The van der Waals surface area contributed by atoms with Crippen molar-refractivity contribution < 1.29 is 14.3 Å². The van der Waals surface area contributed by atoms with E-state index in [1.54, 1.807) is 14.2 Å². The number of nitrogens with one attached hydrogen (secondary N) is 1. The first kappa shape index (κ1) is 18.6. The van der Waals surface area contributed by atoms with Crippen LogP contribution < -0.4 is 5.32 Å². The van der Waals surface area contributed by atoms with Gasteiger partial charge in [-0.15, -0.1) is 0 Å². The van der Waals surface area contributed by atoms with Gasteiger partial charge in [-0.05, 0) is 32.4 Å². The molecule has 6 nitrogen and oxygen atoms in total. The molecule has 134 valence electrons. The third-order valence-corrected chi connectivity index (χ3v) is 5.38. The van der Waals surface area contributed by atoms with Gasteiger partial charge in [0.15, 0.2) is 0 Å². The average molecular weight is 327 g/mol. The normalized spacial score (nSPS) is 25.5. The van der Waals surface area contributed by atoms with Crippen LogP contribution in [0.5, 0.6) is 0 Å². The Morgan fingerprint density at radius 1 is 1.22 bits per heavy atom. The summed E-state index contributed by atoms with van der Waals surface area (Å²) in [4.78, 5) is 17.8. The highest BCUT2D eigenvalue weighted by Crippen LogP contribution is 2.32. The molecule has 2 heterocycles. The Kier molecular flexibility index (Phi) is 7.27. The van der Waals surface area contributed by atoms with E-state index in [0.717, 1.165) is 65.1 Å². The zero-order chi connectivity index (χ0) is 16.7. The van der Waals surface area contributed by atoms with Crippen molar-refractivity contribution in [2.75, 3.05) is 66.7 Å². The minimum absolute atomic E-state index is 0.297. The van der Waals surface area contributed by atoms with Gasteiger partial charge in [-0.1, -0.05) is 6.92 Å². The molecule has 1 N–H and O–H groups in total. The fourth-order valence-electron chi connectivity index (χ4n) is 3.90. The van der Waals surface area contributed by atoms with Gasteiger partial charge in [0, 0.05) is 46.4 Å². The van der Waals surface area contributed by atoms with Crippen LogP contribution in [0, 0.1) is 5.41 Å².